The molecular formula is C11H16BrN3O. The molecule has 0 fully saturated rings. The van der Waals surface area contributed by atoms with Gasteiger partial charge in [-0.1, -0.05) is 13.8 Å². The molecule has 1 aromatic rings. The van der Waals surface area contributed by atoms with Gasteiger partial charge < -0.3 is 10.6 Å². The van der Waals surface area contributed by atoms with Gasteiger partial charge in [-0.25, -0.2) is 0 Å². The number of nitrogens with zero attached hydrogens (tertiary/aromatic N) is 2. The summed E-state index contributed by atoms with van der Waals surface area (Å²) >= 11 is 3.36. The highest BCUT2D eigenvalue weighted by Gasteiger charge is 2.11. The second-order valence-electron chi connectivity index (χ2n) is 4.10. The van der Waals surface area contributed by atoms with Crippen molar-refractivity contribution in [1.29, 1.82) is 0 Å². The van der Waals surface area contributed by atoms with Gasteiger partial charge >= 0.3 is 0 Å². The molecule has 0 saturated carbocycles. The highest BCUT2D eigenvalue weighted by atomic mass is 79.9. The van der Waals surface area contributed by atoms with E-state index in [1.165, 1.54) is 0 Å². The average Bonchev–Trinajstić information content (AvgIpc) is 2.15. The molecule has 0 unspecified atom stereocenters. The number of carbonyl (C=O) groups is 1. The molecule has 4 nitrogen and oxygen atoms in total. The topological polar surface area (TPSA) is 59.2 Å². The van der Waals surface area contributed by atoms with Crippen molar-refractivity contribution in [2.24, 2.45) is 11.7 Å². The van der Waals surface area contributed by atoms with Crippen LogP contribution in [0.5, 0.6) is 0 Å². The number of pyridine rings is 1. The Bertz CT molecular complexity index is 368. The number of hydrogen-bond donors (Lipinski definition) is 1. The van der Waals surface area contributed by atoms with E-state index >= 15 is 0 Å². The van der Waals surface area contributed by atoms with Crippen molar-refractivity contribution in [3.63, 3.8) is 0 Å². The van der Waals surface area contributed by atoms with E-state index in [1.54, 1.807) is 12.4 Å². The third-order valence-corrected chi connectivity index (χ3v) is 2.42. The van der Waals surface area contributed by atoms with Crippen LogP contribution in [0, 0.1) is 5.92 Å². The molecule has 0 aliphatic heterocycles. The molecule has 16 heavy (non-hydrogen) atoms. The van der Waals surface area contributed by atoms with E-state index in [-0.39, 0.29) is 12.5 Å². The summed E-state index contributed by atoms with van der Waals surface area (Å²) in [5.74, 6) is 0.124. The van der Waals surface area contributed by atoms with Crippen LogP contribution in [0.2, 0.25) is 0 Å². The van der Waals surface area contributed by atoms with Crippen LogP contribution in [0.15, 0.2) is 22.9 Å². The van der Waals surface area contributed by atoms with Gasteiger partial charge in [0.25, 0.3) is 0 Å². The largest absolute Gasteiger partial charge is 0.368 e. The highest BCUT2D eigenvalue weighted by Crippen LogP contribution is 2.19. The fourth-order valence-corrected chi connectivity index (χ4v) is 1.82. The van der Waals surface area contributed by atoms with Crippen LogP contribution in [-0.2, 0) is 4.79 Å². The van der Waals surface area contributed by atoms with Crippen LogP contribution < -0.4 is 10.6 Å². The molecule has 1 rings (SSSR count). The summed E-state index contributed by atoms with van der Waals surface area (Å²) in [4.78, 5) is 17.0. The second kappa shape index (κ2) is 5.84. The van der Waals surface area contributed by atoms with E-state index in [2.05, 4.69) is 34.8 Å². The first-order chi connectivity index (χ1) is 7.49. The summed E-state index contributed by atoms with van der Waals surface area (Å²) in [7, 11) is 0. The lowest BCUT2D eigenvalue weighted by molar-refractivity contribution is -0.116. The van der Waals surface area contributed by atoms with Crippen LogP contribution in [0.25, 0.3) is 0 Å². The summed E-state index contributed by atoms with van der Waals surface area (Å²) in [5.41, 5.74) is 6.14. The van der Waals surface area contributed by atoms with Crippen molar-refractivity contribution in [3.8, 4) is 0 Å². The number of nitrogens with two attached hydrogens (primary N) is 1. The molecule has 1 aromatic heterocycles. The first-order valence-electron chi connectivity index (χ1n) is 5.13. The Morgan fingerprint density at radius 1 is 1.56 bits per heavy atom. The van der Waals surface area contributed by atoms with Gasteiger partial charge in [-0.15, -0.1) is 0 Å². The minimum Gasteiger partial charge on any atom is -0.368 e. The fraction of sp³-hybridized carbons (Fsp3) is 0.455. The summed E-state index contributed by atoms with van der Waals surface area (Å²) in [6, 6.07) is 1.93. The predicted molar refractivity (Wildman–Crippen MR) is 68.2 cm³/mol. The molecule has 1 amide bonds. The van der Waals surface area contributed by atoms with Gasteiger partial charge in [-0.05, 0) is 27.9 Å². The maximum absolute atomic E-state index is 11.0. The summed E-state index contributed by atoms with van der Waals surface area (Å²) in [6.45, 7) is 5.19. The zero-order valence-electron chi connectivity index (χ0n) is 9.48. The van der Waals surface area contributed by atoms with Crippen molar-refractivity contribution < 1.29 is 4.79 Å². The quantitative estimate of drug-likeness (QED) is 0.897. The number of amides is 1. The van der Waals surface area contributed by atoms with Crippen molar-refractivity contribution in [1.82, 2.24) is 4.98 Å². The highest BCUT2D eigenvalue weighted by molar-refractivity contribution is 9.10. The number of halogens is 1. The number of rotatable bonds is 5. The third-order valence-electron chi connectivity index (χ3n) is 1.99. The summed E-state index contributed by atoms with van der Waals surface area (Å²) in [5, 5.41) is 0. The number of hydrogen-bond acceptors (Lipinski definition) is 3. The zero-order chi connectivity index (χ0) is 12.1. The van der Waals surface area contributed by atoms with Crippen LogP contribution in [0.3, 0.4) is 0 Å². The van der Waals surface area contributed by atoms with Crippen molar-refractivity contribution >= 4 is 27.5 Å². The lowest BCUT2D eigenvalue weighted by Crippen LogP contribution is -2.36. The third kappa shape index (κ3) is 4.18. The van der Waals surface area contributed by atoms with Gasteiger partial charge in [-0.3, -0.25) is 9.78 Å². The van der Waals surface area contributed by atoms with E-state index in [0.29, 0.717) is 5.92 Å². The van der Waals surface area contributed by atoms with E-state index in [9.17, 15) is 4.79 Å². The predicted octanol–water partition coefficient (Wildman–Crippen LogP) is 1.79. The minimum atomic E-state index is -0.333. The lowest BCUT2D eigenvalue weighted by atomic mass is 10.2. The molecule has 0 aliphatic carbocycles. The molecule has 0 saturated heterocycles. The van der Waals surface area contributed by atoms with Gasteiger partial charge in [-0.2, -0.15) is 0 Å². The van der Waals surface area contributed by atoms with Gasteiger partial charge in [0.1, 0.15) is 0 Å². The normalized spacial score (nSPS) is 10.5. The number of primary amides is 1. The molecule has 5 heteroatoms. The number of carbonyl (C=O) groups excluding carboxylic acids is 1. The van der Waals surface area contributed by atoms with Crippen LogP contribution in [0.1, 0.15) is 13.8 Å². The van der Waals surface area contributed by atoms with E-state index < -0.39 is 0 Å². The first kappa shape index (κ1) is 13.0. The first-order valence-corrected chi connectivity index (χ1v) is 5.92. The molecule has 0 aliphatic rings. The molecule has 1 heterocycles. The minimum absolute atomic E-state index is 0.219. The molecule has 0 spiro atoms. The smallest absolute Gasteiger partial charge is 0.236 e. The Balaban J connectivity index is 2.86. The Hall–Kier alpha value is -1.10. The molecule has 0 bridgehead atoms. The average molecular weight is 286 g/mol. The van der Waals surface area contributed by atoms with Crippen LogP contribution in [-0.4, -0.2) is 24.0 Å². The van der Waals surface area contributed by atoms with Gasteiger partial charge in [0.05, 0.1) is 18.4 Å². The van der Waals surface area contributed by atoms with Gasteiger partial charge in [0.15, 0.2) is 0 Å². The van der Waals surface area contributed by atoms with E-state index in [1.807, 2.05) is 11.0 Å². The molecule has 0 radical (unpaired) electrons. The number of aromatic nitrogens is 1. The molecule has 0 aromatic carbocycles. The standard InChI is InChI=1S/C11H16BrN3O/c1-8(2)6-15(7-11(13)16)10-3-9(12)4-14-5-10/h3-5,8H,6-7H2,1-2H3,(H2,13,16). The van der Waals surface area contributed by atoms with Crippen molar-refractivity contribution in [2.75, 3.05) is 18.0 Å². The Kier molecular flexibility index (Phi) is 4.73. The summed E-state index contributed by atoms with van der Waals surface area (Å²) < 4.78 is 0.892. The van der Waals surface area contributed by atoms with Crippen LogP contribution >= 0.6 is 15.9 Å². The maximum atomic E-state index is 11.0. The maximum Gasteiger partial charge on any atom is 0.236 e. The van der Waals surface area contributed by atoms with Gasteiger partial charge in [0, 0.05) is 17.2 Å². The SMILES string of the molecule is CC(C)CN(CC(N)=O)c1cncc(Br)c1. The van der Waals surface area contributed by atoms with E-state index in [4.69, 9.17) is 5.73 Å². The fourth-order valence-electron chi connectivity index (χ4n) is 1.46. The molecule has 0 atom stereocenters. The van der Waals surface area contributed by atoms with Crippen molar-refractivity contribution in [3.05, 3.63) is 22.9 Å². The molecule has 88 valence electrons. The second-order valence-corrected chi connectivity index (χ2v) is 5.02. The lowest BCUT2D eigenvalue weighted by Gasteiger charge is -2.25. The monoisotopic (exact) mass is 285 g/mol. The molecular weight excluding hydrogens is 270 g/mol. The summed E-state index contributed by atoms with van der Waals surface area (Å²) in [6.07, 6.45) is 3.44. The van der Waals surface area contributed by atoms with Crippen LogP contribution in [0.4, 0.5) is 5.69 Å². The molecule has 2 N–H and O–H groups in total. The zero-order valence-corrected chi connectivity index (χ0v) is 11.1. The Labute approximate surface area is 104 Å². The van der Waals surface area contributed by atoms with Crippen molar-refractivity contribution in [2.45, 2.75) is 13.8 Å². The Morgan fingerprint density at radius 2 is 2.25 bits per heavy atom. The van der Waals surface area contributed by atoms with E-state index in [0.717, 1.165) is 16.7 Å². The Morgan fingerprint density at radius 3 is 2.75 bits per heavy atom. The van der Waals surface area contributed by atoms with Gasteiger partial charge in [0.2, 0.25) is 5.91 Å². The number of anilines is 1.